The Balaban J connectivity index is 1.77. The predicted octanol–water partition coefficient (Wildman–Crippen LogP) is 5.38. The van der Waals surface area contributed by atoms with Gasteiger partial charge in [-0.2, -0.15) is 0 Å². The monoisotopic (exact) mass is 395 g/mol. The van der Waals surface area contributed by atoms with Gasteiger partial charge in [-0.15, -0.1) is 0 Å². The Kier molecular flexibility index (Phi) is 5.29. The summed E-state index contributed by atoms with van der Waals surface area (Å²) in [6, 6.07) is 26.6. The fraction of sp³-hybridized carbons (Fsp3) is 0.0952. The molecule has 1 unspecified atom stereocenters. The molecule has 0 amide bonds. The molecule has 3 atom stereocenters. The van der Waals surface area contributed by atoms with Crippen LogP contribution in [0, 0.1) is 0 Å². The van der Waals surface area contributed by atoms with Gasteiger partial charge in [0.05, 0.1) is 10.2 Å². The summed E-state index contributed by atoms with van der Waals surface area (Å²) < 4.78 is 29.6. The lowest BCUT2D eigenvalue weighted by Gasteiger charge is -2.25. The van der Waals surface area contributed by atoms with Gasteiger partial charge in [0.1, 0.15) is 11.4 Å². The maximum atomic E-state index is 12.3. The van der Waals surface area contributed by atoms with Crippen molar-refractivity contribution in [2.75, 3.05) is 0 Å². The molecule has 0 saturated heterocycles. The molecule has 0 saturated carbocycles. The fourth-order valence-corrected chi connectivity index (χ4v) is 4.66. The van der Waals surface area contributed by atoms with Crippen LogP contribution in [0.2, 0.25) is 0 Å². The summed E-state index contributed by atoms with van der Waals surface area (Å²) in [7, 11) is 0. The molecule has 0 aliphatic carbocycles. The van der Waals surface area contributed by atoms with Gasteiger partial charge in [0, 0.05) is 0 Å². The van der Waals surface area contributed by atoms with Crippen molar-refractivity contribution in [2.45, 2.75) is 11.4 Å². The Bertz CT molecular complexity index is 1020. The van der Waals surface area contributed by atoms with Crippen LogP contribution in [0.5, 0.6) is 5.19 Å². The van der Waals surface area contributed by atoms with Crippen molar-refractivity contribution in [3.63, 3.8) is 0 Å². The van der Waals surface area contributed by atoms with Crippen LogP contribution in [0.15, 0.2) is 84.9 Å². The number of thiazole rings is 1. The van der Waals surface area contributed by atoms with Gasteiger partial charge < -0.3 is 9.29 Å². The highest BCUT2D eigenvalue weighted by molar-refractivity contribution is 7.79. The first kappa shape index (κ1) is 17.9. The van der Waals surface area contributed by atoms with E-state index in [4.69, 9.17) is 4.74 Å². The maximum Gasteiger partial charge on any atom is 0.274 e. The van der Waals surface area contributed by atoms with Crippen molar-refractivity contribution < 1.29 is 13.5 Å². The quantitative estimate of drug-likeness (QED) is 0.445. The van der Waals surface area contributed by atoms with Gasteiger partial charge >= 0.3 is 0 Å². The Morgan fingerprint density at radius 3 is 2.07 bits per heavy atom. The number of aromatic nitrogens is 1. The summed E-state index contributed by atoms with van der Waals surface area (Å²) in [6.45, 7) is 0. The molecule has 136 valence electrons. The predicted molar refractivity (Wildman–Crippen MR) is 109 cm³/mol. The minimum absolute atomic E-state index is 0.483. The number of ether oxygens (including phenoxy) is 1. The maximum absolute atomic E-state index is 12.3. The van der Waals surface area contributed by atoms with Crippen LogP contribution in [0.1, 0.15) is 22.5 Å². The summed E-state index contributed by atoms with van der Waals surface area (Å²) in [5.41, 5.74) is 2.42. The van der Waals surface area contributed by atoms with Crippen molar-refractivity contribution >= 4 is 32.6 Å². The van der Waals surface area contributed by atoms with Gasteiger partial charge in [0.2, 0.25) is 0 Å². The van der Waals surface area contributed by atoms with Gasteiger partial charge in [-0.3, -0.25) is 0 Å². The Labute approximate surface area is 163 Å². The molecule has 1 aromatic heterocycles. The fourth-order valence-electron chi connectivity index (χ4n) is 3.00. The lowest BCUT2D eigenvalue weighted by Crippen LogP contribution is -2.21. The molecule has 4 nitrogen and oxygen atoms in total. The molecule has 0 radical (unpaired) electrons. The molecule has 27 heavy (non-hydrogen) atoms. The molecular formula is C21H17NO3S2. The molecule has 3 aromatic carbocycles. The van der Waals surface area contributed by atoms with Crippen molar-refractivity contribution in [3.05, 3.63) is 96.1 Å². The minimum atomic E-state index is -2.12. The van der Waals surface area contributed by atoms with Gasteiger partial charge in [0.25, 0.3) is 5.19 Å². The SMILES string of the molecule is O=S(O)[C@H](c1ccccc1)[C@H](Oc1nc2ccccc2s1)c1ccccc1. The van der Waals surface area contributed by atoms with Crippen molar-refractivity contribution in [1.29, 1.82) is 0 Å². The number of fused-ring (bicyclic) bond motifs is 1. The van der Waals surface area contributed by atoms with E-state index in [0.717, 1.165) is 21.3 Å². The van der Waals surface area contributed by atoms with Crippen LogP contribution in [0.4, 0.5) is 0 Å². The van der Waals surface area contributed by atoms with Gasteiger partial charge in [-0.05, 0) is 23.3 Å². The summed E-state index contributed by atoms with van der Waals surface area (Å²) in [6.07, 6.45) is -0.639. The molecule has 4 rings (SSSR count). The number of benzene rings is 3. The first-order valence-corrected chi connectivity index (χ1v) is 10.4. The van der Waals surface area contributed by atoms with Crippen molar-refractivity contribution in [3.8, 4) is 5.19 Å². The van der Waals surface area contributed by atoms with E-state index in [1.165, 1.54) is 11.3 Å². The second kappa shape index (κ2) is 8.00. The summed E-state index contributed by atoms with van der Waals surface area (Å²) >= 11 is -0.694. The average molecular weight is 396 g/mol. The highest BCUT2D eigenvalue weighted by Gasteiger charge is 2.32. The van der Waals surface area contributed by atoms with Crippen LogP contribution >= 0.6 is 11.3 Å². The number of hydrogen-bond donors (Lipinski definition) is 1. The van der Waals surface area contributed by atoms with Crippen LogP contribution in [-0.4, -0.2) is 13.7 Å². The van der Waals surface area contributed by atoms with E-state index in [1.54, 1.807) is 0 Å². The molecular weight excluding hydrogens is 378 g/mol. The van der Waals surface area contributed by atoms with E-state index in [2.05, 4.69) is 4.98 Å². The first-order valence-electron chi connectivity index (χ1n) is 8.44. The third-order valence-electron chi connectivity index (χ3n) is 4.25. The minimum Gasteiger partial charge on any atom is -0.460 e. The second-order valence-electron chi connectivity index (χ2n) is 6.00. The van der Waals surface area contributed by atoms with Crippen LogP contribution in [0.3, 0.4) is 0 Å². The molecule has 4 aromatic rings. The van der Waals surface area contributed by atoms with E-state index < -0.39 is 22.4 Å². The van der Waals surface area contributed by atoms with Gasteiger partial charge in [-0.25, -0.2) is 9.19 Å². The largest absolute Gasteiger partial charge is 0.460 e. The smallest absolute Gasteiger partial charge is 0.274 e. The highest BCUT2D eigenvalue weighted by Crippen LogP contribution is 2.39. The normalized spacial score (nSPS) is 14.6. The zero-order chi connectivity index (χ0) is 18.6. The standard InChI is InChI=1S/C21H17NO3S2/c23-27(24)20(16-11-5-2-6-12-16)19(15-9-3-1-4-10-15)25-21-22-17-13-7-8-14-18(17)26-21/h1-14,19-20H,(H,23,24)/t19-,20-/m1/s1. The Morgan fingerprint density at radius 2 is 1.44 bits per heavy atom. The number of nitrogens with zero attached hydrogens (tertiary/aromatic N) is 1. The third-order valence-corrected chi connectivity index (χ3v) is 6.13. The molecule has 0 bridgehead atoms. The Morgan fingerprint density at radius 1 is 0.852 bits per heavy atom. The van der Waals surface area contributed by atoms with E-state index in [-0.39, 0.29) is 0 Å². The molecule has 0 spiro atoms. The van der Waals surface area contributed by atoms with Gasteiger partial charge in [-0.1, -0.05) is 84.1 Å². The summed E-state index contributed by atoms with van der Waals surface area (Å²) in [5, 5.41) is -0.253. The zero-order valence-corrected chi connectivity index (χ0v) is 15.9. The van der Waals surface area contributed by atoms with Crippen LogP contribution in [0.25, 0.3) is 10.2 Å². The van der Waals surface area contributed by atoms with Crippen LogP contribution < -0.4 is 4.74 Å². The molecule has 1 heterocycles. The second-order valence-corrected chi connectivity index (χ2v) is 8.06. The van der Waals surface area contributed by atoms with Crippen LogP contribution in [-0.2, 0) is 11.1 Å². The topological polar surface area (TPSA) is 59.4 Å². The number of hydrogen-bond acceptors (Lipinski definition) is 4. The lowest BCUT2D eigenvalue weighted by atomic mass is 10.0. The molecule has 0 aliphatic rings. The summed E-state index contributed by atoms with van der Waals surface area (Å²) in [4.78, 5) is 4.53. The van der Waals surface area contributed by atoms with E-state index >= 15 is 0 Å². The lowest BCUT2D eigenvalue weighted by molar-refractivity contribution is 0.197. The highest BCUT2D eigenvalue weighted by atomic mass is 32.2. The summed E-state index contributed by atoms with van der Waals surface area (Å²) in [5.74, 6) is 0. The van der Waals surface area contributed by atoms with E-state index in [1.807, 2.05) is 84.9 Å². The molecule has 6 heteroatoms. The molecule has 0 aliphatic heterocycles. The Hall–Kier alpha value is -2.54. The first-order chi connectivity index (χ1) is 13.2. The average Bonchev–Trinajstić information content (AvgIpc) is 3.11. The van der Waals surface area contributed by atoms with Gasteiger partial charge in [0.15, 0.2) is 11.1 Å². The molecule has 0 fully saturated rings. The third kappa shape index (κ3) is 3.93. The number of rotatable bonds is 6. The zero-order valence-electron chi connectivity index (χ0n) is 14.3. The van der Waals surface area contributed by atoms with Crippen molar-refractivity contribution in [1.82, 2.24) is 4.98 Å². The van der Waals surface area contributed by atoms with Crippen molar-refractivity contribution in [2.24, 2.45) is 0 Å². The van der Waals surface area contributed by atoms with E-state index in [9.17, 15) is 8.76 Å². The van der Waals surface area contributed by atoms with E-state index in [0.29, 0.717) is 5.19 Å². The molecule has 1 N–H and O–H groups in total. The number of para-hydroxylation sites is 1.